The summed E-state index contributed by atoms with van der Waals surface area (Å²) in [6, 6.07) is 0. The Morgan fingerprint density at radius 1 is 0.393 bits per heavy atom. The zero-order chi connectivity index (χ0) is 41.1. The first-order valence-corrected chi connectivity index (χ1v) is 21.9. The summed E-state index contributed by atoms with van der Waals surface area (Å²) in [5.41, 5.74) is -0.395. The minimum atomic E-state index is -0.395. The predicted molar refractivity (Wildman–Crippen MR) is 218 cm³/mol. The number of ether oxygens (including phenoxy) is 10. The number of carbonyl (C=O) groups excluding carboxylic acids is 3. The Hall–Kier alpha value is -1.47. The maximum Gasteiger partial charge on any atom is 0.306 e. The van der Waals surface area contributed by atoms with Crippen molar-refractivity contribution in [2.75, 3.05) is 137 Å². The molecule has 0 aliphatic heterocycles. The van der Waals surface area contributed by atoms with Crippen molar-refractivity contribution in [2.24, 2.45) is 0 Å². The van der Waals surface area contributed by atoms with E-state index in [1.54, 1.807) is 0 Å². The van der Waals surface area contributed by atoms with Crippen LogP contribution in [0, 0.1) is 0 Å². The van der Waals surface area contributed by atoms with Crippen LogP contribution in [-0.4, -0.2) is 161 Å². The highest BCUT2D eigenvalue weighted by atomic mass is 79.9. The molecule has 2 N–H and O–H groups in total. The summed E-state index contributed by atoms with van der Waals surface area (Å²) in [5, 5.41) is 5.91. The quantitative estimate of drug-likeness (QED) is 0.0488. The van der Waals surface area contributed by atoms with E-state index in [4.69, 9.17) is 47.4 Å². The van der Waals surface area contributed by atoms with Gasteiger partial charge in [-0.3, -0.25) is 14.4 Å². The fraction of sp³-hybridized carbons (Fsp3) is 0.925. The number of alkyl halides is 1. The fourth-order valence-electron chi connectivity index (χ4n) is 4.88. The number of rotatable bonds is 44. The highest BCUT2D eigenvalue weighted by Gasteiger charge is 2.15. The lowest BCUT2D eigenvalue weighted by atomic mass is 10.0. The van der Waals surface area contributed by atoms with Gasteiger partial charge < -0.3 is 58.0 Å². The molecule has 0 atom stereocenters. The Morgan fingerprint density at radius 3 is 0.964 bits per heavy atom. The number of hydrogen-bond donors (Lipinski definition) is 2. The van der Waals surface area contributed by atoms with E-state index in [1.807, 2.05) is 20.8 Å². The maximum atomic E-state index is 12.0. The average Bonchev–Trinajstić information content (AvgIpc) is 3.16. The molecule has 0 radical (unpaired) electrons. The van der Waals surface area contributed by atoms with Crippen LogP contribution >= 0.6 is 15.9 Å². The number of hydrogen-bond acceptors (Lipinski definition) is 13. The normalized spacial score (nSPS) is 11.6. The number of carbonyl (C=O) groups is 3. The minimum absolute atomic E-state index is 0.0598. The summed E-state index contributed by atoms with van der Waals surface area (Å²) in [7, 11) is 0. The van der Waals surface area contributed by atoms with Gasteiger partial charge in [-0.1, -0.05) is 67.3 Å². The zero-order valence-electron chi connectivity index (χ0n) is 35.0. The van der Waals surface area contributed by atoms with Crippen LogP contribution in [0.25, 0.3) is 0 Å². The Morgan fingerprint density at radius 2 is 0.661 bits per heavy atom. The number of amides is 2. The number of nitrogens with one attached hydrogen (secondary N) is 2. The van der Waals surface area contributed by atoms with Gasteiger partial charge in [0, 0.05) is 25.9 Å². The first-order valence-electron chi connectivity index (χ1n) is 20.8. The van der Waals surface area contributed by atoms with Crippen LogP contribution < -0.4 is 10.6 Å². The first kappa shape index (κ1) is 54.5. The highest BCUT2D eigenvalue weighted by Crippen LogP contribution is 2.14. The molecule has 16 heteroatoms. The van der Waals surface area contributed by atoms with Crippen LogP contribution in [0.1, 0.15) is 97.8 Å². The summed E-state index contributed by atoms with van der Waals surface area (Å²) >= 11 is 3.08. The van der Waals surface area contributed by atoms with Crippen molar-refractivity contribution in [1.29, 1.82) is 0 Å². The van der Waals surface area contributed by atoms with Gasteiger partial charge in [0.2, 0.25) is 11.8 Å². The van der Waals surface area contributed by atoms with Crippen molar-refractivity contribution in [2.45, 2.75) is 103 Å². The summed E-state index contributed by atoms with van der Waals surface area (Å²) in [5.74, 6) is -0.0726. The van der Waals surface area contributed by atoms with Gasteiger partial charge in [0.05, 0.1) is 124 Å². The molecule has 0 aromatic carbocycles. The fourth-order valence-corrected chi connectivity index (χ4v) is 5.08. The van der Waals surface area contributed by atoms with Gasteiger partial charge >= 0.3 is 5.97 Å². The van der Waals surface area contributed by atoms with E-state index in [0.717, 1.165) is 25.7 Å². The molecule has 0 saturated heterocycles. The van der Waals surface area contributed by atoms with Crippen molar-refractivity contribution in [3.05, 3.63) is 0 Å². The monoisotopic (exact) mass is 872 g/mol. The second kappa shape index (κ2) is 43.1. The standard InChI is InChI=1S/C40H77BrN2O13/c1-40(2,3)56-39(46)15-13-11-9-7-5-4-6-8-10-12-14-37(44)42-16-18-47-20-22-49-24-26-51-28-30-53-32-34-55-35-33-54-31-29-52-27-25-50-23-21-48-19-17-43-38(45)36-41/h4-36H2,1-3H3,(H,42,44)(H,43,45). The second-order valence-electron chi connectivity index (χ2n) is 14.0. The van der Waals surface area contributed by atoms with E-state index in [-0.39, 0.29) is 17.8 Å². The average molecular weight is 874 g/mol. The Balaban J connectivity index is 3.18. The topological polar surface area (TPSA) is 168 Å². The first-order chi connectivity index (χ1) is 27.2. The van der Waals surface area contributed by atoms with Crippen LogP contribution in [-0.2, 0) is 61.8 Å². The lowest BCUT2D eigenvalue weighted by Crippen LogP contribution is -2.28. The maximum absolute atomic E-state index is 12.0. The third-order valence-electron chi connectivity index (χ3n) is 7.69. The lowest BCUT2D eigenvalue weighted by molar-refractivity contribution is -0.155. The molecule has 332 valence electrons. The highest BCUT2D eigenvalue weighted by molar-refractivity contribution is 9.09. The third-order valence-corrected chi connectivity index (χ3v) is 8.20. The van der Waals surface area contributed by atoms with Crippen molar-refractivity contribution in [1.82, 2.24) is 10.6 Å². The lowest BCUT2D eigenvalue weighted by Gasteiger charge is -2.19. The van der Waals surface area contributed by atoms with Crippen molar-refractivity contribution in [3.63, 3.8) is 0 Å². The molecule has 2 amide bonds. The zero-order valence-corrected chi connectivity index (χ0v) is 36.6. The third kappa shape index (κ3) is 46.9. The molecule has 0 fully saturated rings. The summed E-state index contributed by atoms with van der Waals surface area (Å²) in [6.07, 6.45) is 12.3. The Kier molecular flexibility index (Phi) is 42.0. The van der Waals surface area contributed by atoms with E-state index in [1.165, 1.54) is 38.5 Å². The number of halogens is 1. The molecule has 15 nitrogen and oxygen atoms in total. The predicted octanol–water partition coefficient (Wildman–Crippen LogP) is 4.79. The molecular weight excluding hydrogens is 796 g/mol. The van der Waals surface area contributed by atoms with Crippen molar-refractivity contribution >= 4 is 33.7 Å². The van der Waals surface area contributed by atoms with E-state index in [2.05, 4.69) is 26.6 Å². The smallest absolute Gasteiger partial charge is 0.306 e. The molecule has 0 spiro atoms. The molecular formula is C40H77BrN2O13. The Labute approximate surface area is 346 Å². The molecule has 0 rings (SSSR count). The molecule has 0 aromatic heterocycles. The molecule has 0 aliphatic carbocycles. The van der Waals surface area contributed by atoms with Gasteiger partial charge in [-0.2, -0.15) is 0 Å². The summed E-state index contributed by atoms with van der Waals surface area (Å²) < 4.78 is 54.5. The molecule has 0 unspecified atom stereocenters. The van der Waals surface area contributed by atoms with Crippen LogP contribution in [0.3, 0.4) is 0 Å². The van der Waals surface area contributed by atoms with Crippen LogP contribution in [0.5, 0.6) is 0 Å². The van der Waals surface area contributed by atoms with E-state index in [9.17, 15) is 14.4 Å². The van der Waals surface area contributed by atoms with E-state index < -0.39 is 5.60 Å². The van der Waals surface area contributed by atoms with E-state index in [0.29, 0.717) is 150 Å². The largest absolute Gasteiger partial charge is 0.460 e. The van der Waals surface area contributed by atoms with Gasteiger partial charge in [0.1, 0.15) is 5.60 Å². The SMILES string of the molecule is CC(C)(C)OC(=O)CCCCCCCCCCCCC(=O)NCCOCCOCCOCCOCCOCCOCCOCCOCCOCCNC(=O)CBr. The van der Waals surface area contributed by atoms with Crippen LogP contribution in [0.4, 0.5) is 0 Å². The molecule has 0 aromatic rings. The van der Waals surface area contributed by atoms with Gasteiger partial charge in [-0.05, 0) is 33.6 Å². The van der Waals surface area contributed by atoms with Gasteiger partial charge in [0.25, 0.3) is 0 Å². The van der Waals surface area contributed by atoms with Gasteiger partial charge in [-0.15, -0.1) is 0 Å². The number of unbranched alkanes of at least 4 members (excludes halogenated alkanes) is 9. The molecule has 56 heavy (non-hydrogen) atoms. The molecule has 0 aliphatic rings. The van der Waals surface area contributed by atoms with E-state index >= 15 is 0 Å². The van der Waals surface area contributed by atoms with Gasteiger partial charge in [0.15, 0.2) is 0 Å². The molecule has 0 saturated carbocycles. The molecule has 0 bridgehead atoms. The van der Waals surface area contributed by atoms with Crippen molar-refractivity contribution in [3.8, 4) is 0 Å². The minimum Gasteiger partial charge on any atom is -0.460 e. The molecule has 0 heterocycles. The van der Waals surface area contributed by atoms with Crippen LogP contribution in [0.2, 0.25) is 0 Å². The van der Waals surface area contributed by atoms with Crippen molar-refractivity contribution < 1.29 is 61.8 Å². The van der Waals surface area contributed by atoms with Crippen LogP contribution in [0.15, 0.2) is 0 Å². The summed E-state index contributed by atoms with van der Waals surface area (Å²) in [6.45, 7) is 15.4. The van der Waals surface area contributed by atoms with Gasteiger partial charge in [-0.25, -0.2) is 0 Å². The number of esters is 1. The summed E-state index contributed by atoms with van der Waals surface area (Å²) in [4.78, 5) is 34.8. The second-order valence-corrected chi connectivity index (χ2v) is 14.5. The Bertz CT molecular complexity index is 884.